The maximum Gasteiger partial charge on any atom is 0.350 e. The Labute approximate surface area is 284 Å². The lowest BCUT2D eigenvalue weighted by Gasteiger charge is -2.23. The number of ether oxygens (including phenoxy) is 3. The standard InChI is InChI=1S/C38H38N2O7S/c1-5-7-10-22-45-29-17-13-26(14-18-29)32-31(33(41)27-15-19-30(20-16-27)47-23-28-12-9-8-11-24(28)3)34(42)36(43)40(32)38-39-25(4)35(48-38)37(44)46-21-6-2/h6,8-9,11-20,32,41H,2,5,7,10,21-23H2,1,3-4H3. The van der Waals surface area contributed by atoms with Crippen LogP contribution in [0.25, 0.3) is 5.76 Å². The van der Waals surface area contributed by atoms with Gasteiger partial charge in [0.25, 0.3) is 5.78 Å². The molecule has 48 heavy (non-hydrogen) atoms. The molecule has 0 bridgehead atoms. The molecule has 1 amide bonds. The van der Waals surface area contributed by atoms with E-state index in [4.69, 9.17) is 14.2 Å². The van der Waals surface area contributed by atoms with Gasteiger partial charge < -0.3 is 19.3 Å². The number of anilines is 1. The Kier molecular flexibility index (Phi) is 11.1. The molecule has 5 rings (SSSR count). The van der Waals surface area contributed by atoms with Crippen LogP contribution in [0.5, 0.6) is 11.5 Å². The summed E-state index contributed by atoms with van der Waals surface area (Å²) in [5, 5.41) is 11.7. The van der Waals surface area contributed by atoms with E-state index in [2.05, 4.69) is 18.5 Å². The van der Waals surface area contributed by atoms with Gasteiger partial charge >= 0.3 is 11.9 Å². The predicted octanol–water partition coefficient (Wildman–Crippen LogP) is 7.88. The van der Waals surface area contributed by atoms with Gasteiger partial charge in [-0.15, -0.1) is 0 Å². The molecule has 1 aromatic heterocycles. The third-order valence-electron chi connectivity index (χ3n) is 7.95. The zero-order chi connectivity index (χ0) is 34.2. The minimum atomic E-state index is -1.03. The van der Waals surface area contributed by atoms with E-state index in [1.807, 2.05) is 31.2 Å². The molecule has 9 nitrogen and oxygen atoms in total. The monoisotopic (exact) mass is 666 g/mol. The molecule has 248 valence electrons. The Morgan fingerprint density at radius 2 is 1.67 bits per heavy atom. The summed E-state index contributed by atoms with van der Waals surface area (Å²) in [7, 11) is 0. The molecule has 4 aromatic rings. The van der Waals surface area contributed by atoms with Gasteiger partial charge in [0, 0.05) is 5.56 Å². The Morgan fingerprint density at radius 3 is 2.35 bits per heavy atom. The number of aromatic nitrogens is 1. The minimum absolute atomic E-state index is 0.0125. The highest BCUT2D eigenvalue weighted by Gasteiger charge is 2.48. The smallest absolute Gasteiger partial charge is 0.350 e. The van der Waals surface area contributed by atoms with Crippen molar-refractivity contribution in [1.82, 2.24) is 4.98 Å². The number of esters is 1. The van der Waals surface area contributed by atoms with E-state index in [1.165, 1.54) is 11.0 Å². The van der Waals surface area contributed by atoms with E-state index in [9.17, 15) is 19.5 Å². The predicted molar refractivity (Wildman–Crippen MR) is 186 cm³/mol. The number of benzene rings is 3. The summed E-state index contributed by atoms with van der Waals surface area (Å²) in [5.41, 5.74) is 3.30. The quantitative estimate of drug-likeness (QED) is 0.0361. The van der Waals surface area contributed by atoms with E-state index in [0.29, 0.717) is 41.5 Å². The van der Waals surface area contributed by atoms with Crippen LogP contribution in [0, 0.1) is 13.8 Å². The molecule has 1 fully saturated rings. The van der Waals surface area contributed by atoms with Crippen molar-refractivity contribution in [3.63, 3.8) is 0 Å². The van der Waals surface area contributed by atoms with Crippen molar-refractivity contribution in [2.75, 3.05) is 18.1 Å². The van der Waals surface area contributed by atoms with Crippen LogP contribution in [0.1, 0.15) is 69.8 Å². The molecule has 10 heteroatoms. The molecule has 0 aliphatic carbocycles. The van der Waals surface area contributed by atoms with Gasteiger partial charge in [0.15, 0.2) is 5.13 Å². The van der Waals surface area contributed by atoms with E-state index < -0.39 is 23.7 Å². The van der Waals surface area contributed by atoms with Crippen LogP contribution in [0.3, 0.4) is 0 Å². The number of nitrogens with zero attached hydrogens (tertiary/aromatic N) is 2. The highest BCUT2D eigenvalue weighted by molar-refractivity contribution is 7.17. The number of carbonyl (C=O) groups is 3. The molecule has 2 heterocycles. The number of hydrogen-bond acceptors (Lipinski definition) is 9. The Bertz CT molecular complexity index is 1830. The topological polar surface area (TPSA) is 115 Å². The van der Waals surface area contributed by atoms with Crippen molar-refractivity contribution < 1.29 is 33.7 Å². The number of carbonyl (C=O) groups excluding carboxylic acids is 3. The molecule has 1 saturated heterocycles. The van der Waals surface area contributed by atoms with Gasteiger partial charge in [-0.1, -0.05) is 80.2 Å². The van der Waals surface area contributed by atoms with Gasteiger partial charge in [-0.25, -0.2) is 9.78 Å². The summed E-state index contributed by atoms with van der Waals surface area (Å²) in [6.07, 6.45) is 4.51. The number of ketones is 1. The number of hydrogen-bond donors (Lipinski definition) is 1. The van der Waals surface area contributed by atoms with Crippen molar-refractivity contribution in [2.45, 2.75) is 52.7 Å². The maximum atomic E-state index is 13.7. The van der Waals surface area contributed by atoms with Crippen LogP contribution in [0.15, 0.2) is 91.0 Å². The van der Waals surface area contributed by atoms with Gasteiger partial charge in [-0.05, 0) is 73.4 Å². The normalized spacial score (nSPS) is 15.4. The first-order valence-electron chi connectivity index (χ1n) is 15.8. The summed E-state index contributed by atoms with van der Waals surface area (Å²) >= 11 is 0.942. The largest absolute Gasteiger partial charge is 0.507 e. The van der Waals surface area contributed by atoms with Crippen molar-refractivity contribution in [1.29, 1.82) is 0 Å². The van der Waals surface area contributed by atoms with E-state index in [-0.39, 0.29) is 27.9 Å². The minimum Gasteiger partial charge on any atom is -0.507 e. The van der Waals surface area contributed by atoms with Gasteiger partial charge in [-0.2, -0.15) is 0 Å². The van der Waals surface area contributed by atoms with Gasteiger partial charge in [-0.3, -0.25) is 14.5 Å². The first-order valence-corrected chi connectivity index (χ1v) is 16.6. The molecule has 1 aliphatic heterocycles. The van der Waals surface area contributed by atoms with Crippen LogP contribution >= 0.6 is 11.3 Å². The first-order chi connectivity index (χ1) is 23.2. The van der Waals surface area contributed by atoms with E-state index in [0.717, 1.165) is 41.7 Å². The van der Waals surface area contributed by atoms with Gasteiger partial charge in [0.1, 0.15) is 35.3 Å². The Morgan fingerprint density at radius 1 is 0.979 bits per heavy atom. The summed E-state index contributed by atoms with van der Waals surface area (Å²) in [6, 6.07) is 20.7. The summed E-state index contributed by atoms with van der Waals surface area (Å²) in [4.78, 5) is 46.0. The molecule has 0 saturated carbocycles. The molecular weight excluding hydrogens is 628 g/mol. The third-order valence-corrected chi connectivity index (χ3v) is 9.09. The van der Waals surface area contributed by atoms with Crippen LogP contribution < -0.4 is 14.4 Å². The SMILES string of the molecule is C=CCOC(=O)c1sc(N2C(=O)C(=O)C(=C(O)c3ccc(OCc4ccccc4C)cc3)C2c2ccc(OCCCCC)cc2)nc1C. The van der Waals surface area contributed by atoms with Crippen molar-refractivity contribution in [2.24, 2.45) is 0 Å². The van der Waals surface area contributed by atoms with Crippen molar-refractivity contribution in [3.05, 3.63) is 124 Å². The highest BCUT2D eigenvalue weighted by Crippen LogP contribution is 2.44. The number of rotatable bonds is 14. The fraction of sp³-hybridized carbons (Fsp3) is 0.263. The fourth-order valence-electron chi connectivity index (χ4n) is 5.31. The van der Waals surface area contributed by atoms with Gasteiger partial charge in [0.2, 0.25) is 0 Å². The molecule has 1 aliphatic rings. The number of amides is 1. The van der Waals surface area contributed by atoms with E-state index >= 15 is 0 Å². The lowest BCUT2D eigenvalue weighted by Crippen LogP contribution is -2.29. The average Bonchev–Trinajstić information content (AvgIpc) is 3.61. The Balaban J connectivity index is 1.50. The highest BCUT2D eigenvalue weighted by atomic mass is 32.1. The summed E-state index contributed by atoms with van der Waals surface area (Å²) in [6.45, 7) is 10.3. The lowest BCUT2D eigenvalue weighted by molar-refractivity contribution is -0.132. The molecule has 1 unspecified atom stereocenters. The molecule has 0 radical (unpaired) electrons. The van der Waals surface area contributed by atoms with Crippen LogP contribution in [0.2, 0.25) is 0 Å². The number of thiazole rings is 1. The number of aliphatic hydroxyl groups is 1. The fourth-order valence-corrected chi connectivity index (χ4v) is 6.29. The number of aliphatic hydroxyl groups excluding tert-OH is 1. The second kappa shape index (κ2) is 15.6. The second-order valence-corrected chi connectivity index (χ2v) is 12.3. The maximum absolute atomic E-state index is 13.7. The van der Waals surface area contributed by atoms with E-state index in [1.54, 1.807) is 55.5 Å². The molecule has 0 spiro atoms. The number of unbranched alkanes of at least 4 members (excludes halogenated alkanes) is 2. The summed E-state index contributed by atoms with van der Waals surface area (Å²) in [5.74, 6) is -1.48. The number of Topliss-reactive ketones (excluding diaryl/α,β-unsaturated/α-hetero) is 1. The first kappa shape index (κ1) is 34.1. The second-order valence-electron chi connectivity index (χ2n) is 11.3. The third kappa shape index (κ3) is 7.50. The van der Waals surface area contributed by atoms with Gasteiger partial charge in [0.05, 0.1) is 23.9 Å². The molecule has 1 N–H and O–H groups in total. The zero-order valence-corrected chi connectivity index (χ0v) is 28.0. The van der Waals surface area contributed by atoms with Crippen LogP contribution in [-0.4, -0.2) is 41.0 Å². The lowest BCUT2D eigenvalue weighted by atomic mass is 9.95. The Hall–Kier alpha value is -5.22. The zero-order valence-electron chi connectivity index (χ0n) is 27.2. The van der Waals surface area contributed by atoms with Crippen LogP contribution in [0.4, 0.5) is 5.13 Å². The molecule has 1 atom stereocenters. The molecular formula is C38H38N2O7S. The average molecular weight is 667 g/mol. The van der Waals surface area contributed by atoms with Crippen LogP contribution in [-0.2, 0) is 20.9 Å². The van der Waals surface area contributed by atoms with Crippen molar-refractivity contribution in [3.8, 4) is 11.5 Å². The van der Waals surface area contributed by atoms with Crippen molar-refractivity contribution >= 4 is 39.9 Å². The molecule has 3 aromatic carbocycles. The number of aryl methyl sites for hydroxylation is 2. The summed E-state index contributed by atoms with van der Waals surface area (Å²) < 4.78 is 17.0.